The third kappa shape index (κ3) is 8.85. The lowest BCUT2D eigenvalue weighted by Crippen LogP contribution is -2.44. The predicted octanol–water partition coefficient (Wildman–Crippen LogP) is 5.63. The third-order valence-electron chi connectivity index (χ3n) is 6.27. The summed E-state index contributed by atoms with van der Waals surface area (Å²) in [6.07, 6.45) is -1.76. The molecular formula is C30H33F3N2O4. The summed E-state index contributed by atoms with van der Waals surface area (Å²) in [5.41, 5.74) is 1.60. The zero-order chi connectivity index (χ0) is 28.2. The highest BCUT2D eigenvalue weighted by Gasteiger charge is 2.31. The maximum atomic E-state index is 13.6. The highest BCUT2D eigenvalue weighted by molar-refractivity contribution is 5.89. The Morgan fingerprint density at radius 1 is 0.923 bits per heavy atom. The molecule has 0 aliphatic rings. The Kier molecular flexibility index (Phi) is 11.4. The van der Waals surface area contributed by atoms with Crippen molar-refractivity contribution in [1.82, 2.24) is 10.2 Å². The molecule has 6 nitrogen and oxygen atoms in total. The minimum Gasteiger partial charge on any atom is -0.497 e. The van der Waals surface area contributed by atoms with E-state index in [0.717, 1.165) is 5.56 Å². The Balaban J connectivity index is 1.88. The highest BCUT2D eigenvalue weighted by Crippen LogP contribution is 2.28. The Bertz CT molecular complexity index is 1200. The quantitative estimate of drug-likeness (QED) is 0.268. The number of nitrogens with one attached hydrogen (secondary N) is 1. The van der Waals surface area contributed by atoms with Gasteiger partial charge in [-0.1, -0.05) is 42.5 Å². The van der Waals surface area contributed by atoms with Gasteiger partial charge in [0.25, 0.3) is 6.43 Å². The van der Waals surface area contributed by atoms with Crippen LogP contribution < -0.4 is 10.1 Å². The lowest BCUT2D eigenvalue weighted by Gasteiger charge is -2.32. The summed E-state index contributed by atoms with van der Waals surface area (Å²) in [5.74, 6) is -0.533. The van der Waals surface area contributed by atoms with Crippen LogP contribution in [0.15, 0.2) is 72.8 Å². The van der Waals surface area contributed by atoms with Crippen molar-refractivity contribution in [3.05, 3.63) is 101 Å². The van der Waals surface area contributed by atoms with Crippen molar-refractivity contribution < 1.29 is 32.2 Å². The Morgan fingerprint density at radius 3 is 2.23 bits per heavy atom. The molecule has 0 heterocycles. The molecule has 0 spiro atoms. The van der Waals surface area contributed by atoms with Crippen molar-refractivity contribution in [2.45, 2.75) is 38.3 Å². The minimum atomic E-state index is -2.74. The number of benzene rings is 3. The number of methoxy groups -OCH3 is 2. The summed E-state index contributed by atoms with van der Waals surface area (Å²) >= 11 is 0. The summed E-state index contributed by atoms with van der Waals surface area (Å²) in [7, 11) is 3.11. The predicted molar refractivity (Wildman–Crippen MR) is 142 cm³/mol. The van der Waals surface area contributed by atoms with Crippen LogP contribution in [0, 0.1) is 5.82 Å². The molecule has 2 amide bonds. The molecule has 1 atom stereocenters. The van der Waals surface area contributed by atoms with Crippen LogP contribution in [0.3, 0.4) is 0 Å². The zero-order valence-electron chi connectivity index (χ0n) is 22.0. The van der Waals surface area contributed by atoms with E-state index in [9.17, 15) is 22.8 Å². The Morgan fingerprint density at radius 2 is 1.59 bits per heavy atom. The SMILES string of the molecule is COCCCN(C(=O)CCc1ccc(OC)cc1)C(C(=O)NCc1ccc(F)cc1)c1cccc(C(F)F)c1. The van der Waals surface area contributed by atoms with Crippen LogP contribution in [0.4, 0.5) is 13.2 Å². The van der Waals surface area contributed by atoms with E-state index in [2.05, 4.69) is 5.32 Å². The molecule has 0 saturated carbocycles. The first-order valence-corrected chi connectivity index (χ1v) is 12.6. The van der Waals surface area contributed by atoms with Gasteiger partial charge < -0.3 is 19.7 Å². The number of halogens is 3. The molecule has 3 aromatic rings. The van der Waals surface area contributed by atoms with E-state index < -0.39 is 24.2 Å². The van der Waals surface area contributed by atoms with E-state index in [1.54, 1.807) is 37.4 Å². The van der Waals surface area contributed by atoms with Crippen molar-refractivity contribution in [2.75, 3.05) is 27.4 Å². The van der Waals surface area contributed by atoms with Crippen LogP contribution in [0.5, 0.6) is 5.75 Å². The first-order chi connectivity index (χ1) is 18.8. The molecule has 1 N–H and O–H groups in total. The van der Waals surface area contributed by atoms with Gasteiger partial charge in [-0.3, -0.25) is 9.59 Å². The molecule has 39 heavy (non-hydrogen) atoms. The monoisotopic (exact) mass is 542 g/mol. The van der Waals surface area contributed by atoms with Crippen molar-refractivity contribution in [3.63, 3.8) is 0 Å². The number of nitrogens with zero attached hydrogens (tertiary/aromatic N) is 1. The average Bonchev–Trinajstić information content (AvgIpc) is 2.95. The van der Waals surface area contributed by atoms with E-state index in [-0.39, 0.29) is 36.5 Å². The smallest absolute Gasteiger partial charge is 0.263 e. The highest BCUT2D eigenvalue weighted by atomic mass is 19.3. The molecule has 0 saturated heterocycles. The molecule has 0 radical (unpaired) electrons. The minimum absolute atomic E-state index is 0.0795. The second-order valence-electron chi connectivity index (χ2n) is 9.00. The second-order valence-corrected chi connectivity index (χ2v) is 9.00. The average molecular weight is 543 g/mol. The number of aryl methyl sites for hydroxylation is 1. The van der Waals surface area contributed by atoms with Crippen molar-refractivity contribution in [3.8, 4) is 5.75 Å². The summed E-state index contributed by atoms with van der Waals surface area (Å²) < 4.78 is 50.7. The van der Waals surface area contributed by atoms with Crippen LogP contribution in [-0.2, 0) is 27.3 Å². The molecule has 208 valence electrons. The van der Waals surface area contributed by atoms with Gasteiger partial charge in [-0.2, -0.15) is 0 Å². The van der Waals surface area contributed by atoms with Crippen LogP contribution in [0.2, 0.25) is 0 Å². The van der Waals surface area contributed by atoms with E-state index in [4.69, 9.17) is 9.47 Å². The van der Waals surface area contributed by atoms with Crippen LogP contribution in [0.1, 0.15) is 47.6 Å². The molecule has 0 aliphatic heterocycles. The molecule has 0 fully saturated rings. The molecule has 1 unspecified atom stereocenters. The topological polar surface area (TPSA) is 67.9 Å². The maximum Gasteiger partial charge on any atom is 0.263 e. The van der Waals surface area contributed by atoms with Gasteiger partial charge in [0.15, 0.2) is 0 Å². The van der Waals surface area contributed by atoms with Gasteiger partial charge in [0.05, 0.1) is 7.11 Å². The summed E-state index contributed by atoms with van der Waals surface area (Å²) in [6.45, 7) is 0.613. The fourth-order valence-electron chi connectivity index (χ4n) is 4.19. The van der Waals surface area contributed by atoms with E-state index in [1.807, 2.05) is 12.1 Å². The van der Waals surface area contributed by atoms with E-state index in [1.165, 1.54) is 42.3 Å². The fraction of sp³-hybridized carbons (Fsp3) is 0.333. The lowest BCUT2D eigenvalue weighted by atomic mass is 10.00. The lowest BCUT2D eigenvalue weighted by molar-refractivity contribution is -0.141. The van der Waals surface area contributed by atoms with Crippen LogP contribution in [0.25, 0.3) is 0 Å². The number of alkyl halides is 2. The number of hydrogen-bond acceptors (Lipinski definition) is 4. The second kappa shape index (κ2) is 14.9. The van der Waals surface area contributed by atoms with Crippen molar-refractivity contribution >= 4 is 11.8 Å². The van der Waals surface area contributed by atoms with Gasteiger partial charge in [0.2, 0.25) is 11.8 Å². The van der Waals surface area contributed by atoms with Gasteiger partial charge in [0, 0.05) is 38.8 Å². The van der Waals surface area contributed by atoms with Gasteiger partial charge >= 0.3 is 0 Å². The Labute approximate surface area is 226 Å². The summed E-state index contributed by atoms with van der Waals surface area (Å²) in [5, 5.41) is 2.79. The molecule has 0 bridgehead atoms. The Hall–Kier alpha value is -3.85. The normalized spacial score (nSPS) is 11.7. The zero-order valence-corrected chi connectivity index (χ0v) is 22.0. The number of ether oxygens (including phenoxy) is 2. The third-order valence-corrected chi connectivity index (χ3v) is 6.27. The van der Waals surface area contributed by atoms with Crippen molar-refractivity contribution in [1.29, 1.82) is 0 Å². The standard InChI is InChI=1S/C30H33F3N2O4/c1-38-18-4-17-35(27(36)16-11-21-9-14-26(39-2)15-10-21)28(23-5-3-6-24(19-23)29(32)33)30(37)34-20-22-7-12-25(31)13-8-22/h3,5-10,12-15,19,28-29H,4,11,16-18,20H2,1-2H3,(H,34,37). The maximum absolute atomic E-state index is 13.6. The number of carbonyl (C=O) groups excluding carboxylic acids is 2. The molecular weight excluding hydrogens is 509 g/mol. The largest absolute Gasteiger partial charge is 0.497 e. The summed E-state index contributed by atoms with van der Waals surface area (Å²) in [4.78, 5) is 28.6. The molecule has 3 aromatic carbocycles. The van der Waals surface area contributed by atoms with Crippen LogP contribution >= 0.6 is 0 Å². The van der Waals surface area contributed by atoms with E-state index >= 15 is 0 Å². The molecule has 3 rings (SSSR count). The molecule has 0 aromatic heterocycles. The number of amides is 2. The van der Waals surface area contributed by atoms with Gasteiger partial charge in [0.1, 0.15) is 17.6 Å². The number of carbonyl (C=O) groups is 2. The van der Waals surface area contributed by atoms with Gasteiger partial charge in [-0.15, -0.1) is 0 Å². The summed E-state index contributed by atoms with van der Waals surface area (Å²) in [6, 6.07) is 17.4. The first-order valence-electron chi connectivity index (χ1n) is 12.6. The van der Waals surface area contributed by atoms with Crippen molar-refractivity contribution in [2.24, 2.45) is 0 Å². The molecule has 9 heteroatoms. The van der Waals surface area contributed by atoms with Gasteiger partial charge in [-0.25, -0.2) is 13.2 Å². The van der Waals surface area contributed by atoms with Gasteiger partial charge in [-0.05, 0) is 59.9 Å². The molecule has 0 aliphatic carbocycles. The first kappa shape index (κ1) is 29.7. The number of hydrogen-bond donors (Lipinski definition) is 1. The van der Waals surface area contributed by atoms with E-state index in [0.29, 0.717) is 30.8 Å². The fourth-order valence-corrected chi connectivity index (χ4v) is 4.19. The number of rotatable bonds is 14. The van der Waals surface area contributed by atoms with Crippen LogP contribution in [-0.4, -0.2) is 44.1 Å².